The topological polar surface area (TPSA) is 55.1 Å². The fourth-order valence-electron chi connectivity index (χ4n) is 3.11. The van der Waals surface area contributed by atoms with Crippen molar-refractivity contribution >= 4 is 38.6 Å². The lowest BCUT2D eigenvalue weighted by molar-refractivity contribution is -0.119. The lowest BCUT2D eigenvalue weighted by atomic mass is 10.2. The molecule has 0 saturated heterocycles. The molecular formula is C18H12BrFN2O2. The minimum Gasteiger partial charge on any atom is -0.436 e. The molecule has 2 aromatic carbocycles. The smallest absolute Gasteiger partial charge is 0.230 e. The zero-order chi connectivity index (χ0) is 16.5. The number of nitrogens with zero attached hydrogens (tertiary/aromatic N) is 1. The summed E-state index contributed by atoms with van der Waals surface area (Å²) in [4.78, 5) is 16.6. The van der Waals surface area contributed by atoms with Gasteiger partial charge >= 0.3 is 0 Å². The largest absolute Gasteiger partial charge is 0.436 e. The Balaban J connectivity index is 1.49. The zero-order valence-electron chi connectivity index (χ0n) is 12.5. The summed E-state index contributed by atoms with van der Waals surface area (Å²) in [5.41, 5.74) is 2.40. The number of aromatic nitrogens is 1. The van der Waals surface area contributed by atoms with Crippen molar-refractivity contribution in [3.8, 4) is 11.5 Å². The van der Waals surface area contributed by atoms with E-state index in [1.807, 2.05) is 0 Å². The fourth-order valence-corrected chi connectivity index (χ4v) is 3.53. The number of halogens is 2. The molecule has 0 aliphatic heterocycles. The third-order valence-electron chi connectivity index (χ3n) is 4.94. The lowest BCUT2D eigenvalue weighted by Crippen LogP contribution is -2.17. The van der Waals surface area contributed by atoms with Crippen molar-refractivity contribution < 1.29 is 13.6 Å². The SMILES string of the molecule is O=C(Nc1ccc2oc(-c3cc(F)ccc3Br)nc2c1)C12CC1C2. The van der Waals surface area contributed by atoms with Gasteiger partial charge in [-0.1, -0.05) is 0 Å². The van der Waals surface area contributed by atoms with E-state index in [-0.39, 0.29) is 17.1 Å². The molecule has 2 aliphatic carbocycles. The number of hydrogen-bond acceptors (Lipinski definition) is 3. The van der Waals surface area contributed by atoms with Crippen LogP contribution in [0.2, 0.25) is 0 Å². The van der Waals surface area contributed by atoms with Crippen LogP contribution in [-0.4, -0.2) is 10.9 Å². The van der Waals surface area contributed by atoms with Gasteiger partial charge in [0.2, 0.25) is 11.8 Å². The van der Waals surface area contributed by atoms with E-state index in [2.05, 4.69) is 26.2 Å². The Morgan fingerprint density at radius 3 is 2.83 bits per heavy atom. The fraction of sp³-hybridized carbons (Fsp3) is 0.222. The highest BCUT2D eigenvalue weighted by molar-refractivity contribution is 9.10. The second kappa shape index (κ2) is 4.66. The minimum atomic E-state index is -0.355. The maximum Gasteiger partial charge on any atom is 0.230 e. The van der Waals surface area contributed by atoms with E-state index in [9.17, 15) is 9.18 Å². The number of anilines is 1. The van der Waals surface area contributed by atoms with E-state index >= 15 is 0 Å². The maximum atomic E-state index is 13.5. The third kappa shape index (κ3) is 2.09. The van der Waals surface area contributed by atoms with Gasteiger partial charge in [0.25, 0.3) is 0 Å². The first-order chi connectivity index (χ1) is 11.5. The van der Waals surface area contributed by atoms with Gasteiger partial charge in [-0.2, -0.15) is 0 Å². The molecule has 2 saturated carbocycles. The summed E-state index contributed by atoms with van der Waals surface area (Å²) in [6, 6.07) is 9.70. The van der Waals surface area contributed by atoms with Crippen LogP contribution in [0.5, 0.6) is 0 Å². The van der Waals surface area contributed by atoms with E-state index in [1.54, 1.807) is 24.3 Å². The molecule has 24 heavy (non-hydrogen) atoms. The maximum absolute atomic E-state index is 13.5. The lowest BCUT2D eigenvalue weighted by Gasteiger charge is -2.06. The molecule has 1 N–H and O–H groups in total. The monoisotopic (exact) mass is 386 g/mol. The number of benzene rings is 2. The number of carbonyl (C=O) groups is 1. The molecule has 3 aromatic rings. The minimum absolute atomic E-state index is 0.0730. The Morgan fingerprint density at radius 2 is 2.08 bits per heavy atom. The summed E-state index contributed by atoms with van der Waals surface area (Å²) in [7, 11) is 0. The van der Waals surface area contributed by atoms with Gasteiger partial charge in [0.15, 0.2) is 5.58 Å². The normalized spacial score (nSPS) is 23.8. The molecule has 6 heteroatoms. The average Bonchev–Trinajstić information content (AvgIpc) is 3.38. The number of rotatable bonds is 3. The van der Waals surface area contributed by atoms with Gasteiger partial charge in [-0.15, -0.1) is 0 Å². The second-order valence-corrected chi connectivity index (χ2v) is 7.40. The summed E-state index contributed by atoms with van der Waals surface area (Å²) in [6.07, 6.45) is 2.03. The van der Waals surface area contributed by atoms with Crippen LogP contribution in [0.15, 0.2) is 45.3 Å². The Labute approximate surface area is 145 Å². The van der Waals surface area contributed by atoms with Crippen LogP contribution < -0.4 is 5.32 Å². The number of oxazole rings is 1. The molecule has 0 bridgehead atoms. The van der Waals surface area contributed by atoms with Crippen LogP contribution >= 0.6 is 15.9 Å². The molecule has 0 spiro atoms. The summed E-state index contributed by atoms with van der Waals surface area (Å²) in [5.74, 6) is 0.683. The Morgan fingerprint density at radius 1 is 1.29 bits per heavy atom. The van der Waals surface area contributed by atoms with E-state index in [4.69, 9.17) is 4.42 Å². The molecule has 0 unspecified atom stereocenters. The molecule has 0 radical (unpaired) electrons. The first-order valence-electron chi connectivity index (χ1n) is 7.73. The first kappa shape index (κ1) is 14.2. The summed E-state index contributed by atoms with van der Waals surface area (Å²) in [5, 5.41) is 2.96. The van der Waals surface area contributed by atoms with Crippen molar-refractivity contribution in [3.05, 3.63) is 46.7 Å². The van der Waals surface area contributed by atoms with Crippen molar-refractivity contribution in [1.29, 1.82) is 0 Å². The van der Waals surface area contributed by atoms with Crippen molar-refractivity contribution in [2.45, 2.75) is 12.8 Å². The highest BCUT2D eigenvalue weighted by atomic mass is 79.9. The first-order valence-corrected chi connectivity index (χ1v) is 8.52. The average molecular weight is 387 g/mol. The van der Waals surface area contributed by atoms with Gasteiger partial charge in [-0.3, -0.25) is 4.79 Å². The van der Waals surface area contributed by atoms with Crippen LogP contribution in [0.1, 0.15) is 12.8 Å². The molecular weight excluding hydrogens is 375 g/mol. The molecule has 120 valence electrons. The Kier molecular flexibility index (Phi) is 2.75. The number of carbonyl (C=O) groups excluding carboxylic acids is 1. The Hall–Kier alpha value is -2.21. The highest BCUT2D eigenvalue weighted by Crippen LogP contribution is 2.75. The van der Waals surface area contributed by atoms with Crippen LogP contribution in [0.3, 0.4) is 0 Å². The van der Waals surface area contributed by atoms with Crippen LogP contribution in [0.4, 0.5) is 10.1 Å². The van der Waals surface area contributed by atoms with Gasteiger partial charge in [0.05, 0.1) is 11.0 Å². The van der Waals surface area contributed by atoms with Crippen molar-refractivity contribution in [3.63, 3.8) is 0 Å². The third-order valence-corrected chi connectivity index (χ3v) is 5.63. The quantitative estimate of drug-likeness (QED) is 0.706. The number of hydrogen-bond donors (Lipinski definition) is 1. The van der Waals surface area contributed by atoms with Gasteiger partial charge in [0, 0.05) is 10.2 Å². The summed E-state index contributed by atoms with van der Waals surface area (Å²) >= 11 is 3.38. The number of nitrogens with one attached hydrogen (secondary N) is 1. The molecule has 1 amide bonds. The van der Waals surface area contributed by atoms with E-state index in [0.717, 1.165) is 12.8 Å². The molecule has 1 heterocycles. The summed E-state index contributed by atoms with van der Waals surface area (Å²) in [6.45, 7) is 0. The van der Waals surface area contributed by atoms with Gasteiger partial charge < -0.3 is 9.73 Å². The van der Waals surface area contributed by atoms with Crippen molar-refractivity contribution in [2.24, 2.45) is 11.3 Å². The van der Waals surface area contributed by atoms with Gasteiger partial charge in [-0.25, -0.2) is 9.37 Å². The zero-order valence-corrected chi connectivity index (χ0v) is 14.1. The number of amides is 1. The van der Waals surface area contributed by atoms with Crippen LogP contribution in [0, 0.1) is 17.2 Å². The molecule has 2 aliphatic rings. The molecule has 5 rings (SSSR count). The van der Waals surface area contributed by atoms with E-state index in [0.29, 0.717) is 38.6 Å². The predicted octanol–water partition coefficient (Wildman–Crippen LogP) is 4.74. The standard InChI is InChI=1S/C18H12BrFN2O2/c19-13-3-1-10(20)5-12(13)16-22-14-6-11(2-4-15(14)24-16)21-17(23)18-7-9(18)8-18/h1-6,9H,7-8H2,(H,21,23). The number of fused-ring (bicyclic) bond motifs is 2. The van der Waals surface area contributed by atoms with Crippen LogP contribution in [0.25, 0.3) is 22.6 Å². The highest BCUT2D eigenvalue weighted by Gasteiger charge is 2.74. The van der Waals surface area contributed by atoms with E-state index < -0.39 is 0 Å². The second-order valence-electron chi connectivity index (χ2n) is 6.54. The summed E-state index contributed by atoms with van der Waals surface area (Å²) < 4.78 is 19.9. The van der Waals surface area contributed by atoms with Crippen LogP contribution in [-0.2, 0) is 4.79 Å². The van der Waals surface area contributed by atoms with Gasteiger partial charge in [-0.05, 0) is 71.1 Å². The molecule has 2 fully saturated rings. The molecule has 4 nitrogen and oxygen atoms in total. The van der Waals surface area contributed by atoms with Crippen molar-refractivity contribution in [1.82, 2.24) is 4.98 Å². The molecule has 1 aromatic heterocycles. The van der Waals surface area contributed by atoms with E-state index in [1.165, 1.54) is 12.1 Å². The molecule has 0 atom stereocenters. The Bertz CT molecular complexity index is 1010. The van der Waals surface area contributed by atoms with Gasteiger partial charge in [0.1, 0.15) is 11.3 Å². The predicted molar refractivity (Wildman–Crippen MR) is 90.9 cm³/mol. The van der Waals surface area contributed by atoms with Crippen molar-refractivity contribution in [2.75, 3.05) is 5.32 Å².